The highest BCUT2D eigenvalue weighted by Crippen LogP contribution is 2.53. The number of aromatic nitrogens is 3. The summed E-state index contributed by atoms with van der Waals surface area (Å²) in [6, 6.07) is 114. The van der Waals surface area contributed by atoms with Gasteiger partial charge in [0.2, 0.25) is 0 Å². The quantitative estimate of drug-likeness (QED) is 0.127. The minimum Gasteiger partial charge on any atom is -0.333 e. The smallest absolute Gasteiger partial charge is 0.252 e. The maximum absolute atomic E-state index is 2.65. The summed E-state index contributed by atoms with van der Waals surface area (Å²) in [6.45, 7) is 19.3. The van der Waals surface area contributed by atoms with Gasteiger partial charge in [-0.05, 0) is 282 Å². The fourth-order valence-corrected chi connectivity index (χ4v) is 21.7. The topological polar surface area (TPSA) is 21.3 Å². The van der Waals surface area contributed by atoms with Crippen LogP contribution in [0.4, 0.5) is 34.1 Å². The molecule has 5 heterocycles. The lowest BCUT2D eigenvalue weighted by Crippen LogP contribution is -2.61. The normalized spacial score (nSPS) is 17.2. The molecule has 570 valence electrons. The molecule has 1 atom stereocenters. The SMILES string of the molecule is CC1(C)CCC(C)(C)c2cc(-c3ccc(N4c5cc(-c6ccc7c(c6)c6ccccc6n7-c6ccccc6)ccc5B5c6ccc(-c7ccc8c(c7)c7ccccc7n8C7C=CC=CC7)cc6N(c6ccc(-c7ccc8c(c7)C(C)(C)CCC8(C)C)cc6)c6cc(-c7ccc8c(c7)c7ccccc7n8C7=CCCC=C7)cc4c65)cc3)ccc21. The van der Waals surface area contributed by atoms with Crippen LogP contribution in [0, 0.1) is 0 Å². The fraction of sp³-hybridized carbons (Fsp3) is 0.179. The van der Waals surface area contributed by atoms with Gasteiger partial charge in [-0.2, -0.15) is 0 Å². The summed E-state index contributed by atoms with van der Waals surface area (Å²) in [6.07, 6.45) is 23.8. The second kappa shape index (κ2) is 26.3. The van der Waals surface area contributed by atoms with E-state index in [2.05, 4.69) is 413 Å². The highest BCUT2D eigenvalue weighted by molar-refractivity contribution is 7.00. The summed E-state index contributed by atoms with van der Waals surface area (Å²) in [5.74, 6) is 0. The van der Waals surface area contributed by atoms with Gasteiger partial charge in [0.15, 0.2) is 0 Å². The molecule has 17 aromatic rings. The van der Waals surface area contributed by atoms with Gasteiger partial charge in [0.25, 0.3) is 6.71 Å². The summed E-state index contributed by atoms with van der Waals surface area (Å²) < 4.78 is 7.48. The summed E-state index contributed by atoms with van der Waals surface area (Å²) in [7, 11) is 0. The Kier molecular flexibility index (Phi) is 15.7. The molecule has 4 aliphatic carbocycles. The molecule has 0 radical (unpaired) electrons. The van der Waals surface area contributed by atoms with Crippen molar-refractivity contribution in [3.8, 4) is 61.3 Å². The third-order valence-electron chi connectivity index (χ3n) is 28.3. The summed E-state index contributed by atoms with van der Waals surface area (Å²) in [4.78, 5) is 5.30. The third kappa shape index (κ3) is 11.0. The molecule has 0 amide bonds. The van der Waals surface area contributed by atoms with Crippen molar-refractivity contribution in [2.75, 3.05) is 9.80 Å². The van der Waals surface area contributed by atoms with Crippen molar-refractivity contribution in [1.82, 2.24) is 13.7 Å². The predicted molar refractivity (Wildman–Crippen MR) is 503 cm³/mol. The summed E-state index contributed by atoms with van der Waals surface area (Å²) in [5.41, 5.74) is 38.6. The van der Waals surface area contributed by atoms with Crippen molar-refractivity contribution in [3.05, 3.63) is 356 Å². The molecule has 118 heavy (non-hydrogen) atoms. The first-order chi connectivity index (χ1) is 57.5. The lowest BCUT2D eigenvalue weighted by atomic mass is 9.33. The molecule has 0 N–H and O–H groups in total. The monoisotopic (exact) mass is 1520 g/mol. The van der Waals surface area contributed by atoms with E-state index >= 15 is 0 Å². The molecular weight excluding hydrogens is 1430 g/mol. The van der Waals surface area contributed by atoms with E-state index in [4.69, 9.17) is 0 Å². The molecule has 0 fully saturated rings. The molecule has 23 rings (SSSR count). The number of allylic oxidation sites excluding steroid dienone is 8. The van der Waals surface area contributed by atoms with E-state index in [1.165, 1.54) is 167 Å². The number of para-hydroxylation sites is 4. The van der Waals surface area contributed by atoms with Gasteiger partial charge >= 0.3 is 0 Å². The zero-order chi connectivity index (χ0) is 79.2. The van der Waals surface area contributed by atoms with Gasteiger partial charge in [-0.25, -0.2) is 0 Å². The van der Waals surface area contributed by atoms with Crippen LogP contribution in [-0.4, -0.2) is 20.4 Å². The first-order valence-electron chi connectivity index (χ1n) is 42.9. The molecule has 0 spiro atoms. The Hall–Kier alpha value is -12.9. The molecular formula is C112H94BN5. The van der Waals surface area contributed by atoms with Crippen molar-refractivity contribution in [2.45, 2.75) is 128 Å². The van der Waals surface area contributed by atoms with E-state index in [1.807, 2.05) is 0 Å². The van der Waals surface area contributed by atoms with Gasteiger partial charge in [-0.15, -0.1) is 0 Å². The van der Waals surface area contributed by atoms with Crippen molar-refractivity contribution in [1.29, 1.82) is 0 Å². The first kappa shape index (κ1) is 70.5. The first-order valence-corrected chi connectivity index (χ1v) is 42.9. The maximum atomic E-state index is 2.65. The predicted octanol–water partition coefficient (Wildman–Crippen LogP) is 28.4. The van der Waals surface area contributed by atoms with Crippen LogP contribution in [0.25, 0.3) is 132 Å². The van der Waals surface area contributed by atoms with Gasteiger partial charge < -0.3 is 23.5 Å². The van der Waals surface area contributed by atoms with Gasteiger partial charge in [0, 0.05) is 88.9 Å². The number of fused-ring (bicyclic) bond motifs is 15. The van der Waals surface area contributed by atoms with Crippen LogP contribution in [0.2, 0.25) is 0 Å². The number of anilines is 6. The van der Waals surface area contributed by atoms with Crippen LogP contribution in [0.1, 0.15) is 129 Å². The molecule has 14 aromatic carbocycles. The summed E-state index contributed by atoms with van der Waals surface area (Å²) in [5, 5.41) is 7.49. The van der Waals surface area contributed by atoms with Crippen LogP contribution >= 0.6 is 0 Å². The lowest BCUT2D eigenvalue weighted by Gasteiger charge is -2.44. The van der Waals surface area contributed by atoms with Gasteiger partial charge in [-0.3, -0.25) is 0 Å². The van der Waals surface area contributed by atoms with E-state index < -0.39 is 0 Å². The van der Waals surface area contributed by atoms with Crippen molar-refractivity contribution in [2.24, 2.45) is 0 Å². The van der Waals surface area contributed by atoms with Gasteiger partial charge in [-0.1, -0.05) is 268 Å². The van der Waals surface area contributed by atoms with Gasteiger partial charge in [0.1, 0.15) is 0 Å². The second-order valence-corrected chi connectivity index (χ2v) is 37.1. The highest BCUT2D eigenvalue weighted by atomic mass is 15.2. The Balaban J connectivity index is 0.778. The van der Waals surface area contributed by atoms with Crippen LogP contribution in [-0.2, 0) is 21.7 Å². The minimum absolute atomic E-state index is 0.0696. The number of rotatable bonds is 10. The van der Waals surface area contributed by atoms with Crippen molar-refractivity contribution >= 4 is 128 Å². The maximum Gasteiger partial charge on any atom is 0.252 e. The van der Waals surface area contributed by atoms with Crippen LogP contribution in [0.3, 0.4) is 0 Å². The Morgan fingerprint density at radius 2 is 0.695 bits per heavy atom. The highest BCUT2D eigenvalue weighted by Gasteiger charge is 2.45. The standard InChI is InChI=1S/C112H94BN5/c1-109(2)58-60-111(5,6)94-65-76(40-51-92(94)109)71-36-47-84(48-37-71)117-104-67-78(73-44-55-101-89(62-73)86-30-18-21-33-98(86)114(101)81-24-12-9-13-25-81)42-53-96(104)113-97-54-43-79(74-45-56-102-90(63-74)87-31-19-22-34-99(87)115(102)82-26-14-10-15-27-82)68-105(97)118(85-49-38-72(39-50-85)77-41-52-93-95(66-77)112(7,8)61-59-110(93,3)4)107-70-80(69-106(117)108(107)113)75-46-57-103-91(64-75)88-32-20-23-35-100(88)116(103)83-28-16-11-17-29-83/h9-10,12-16,18-26,28-57,62-70,82H,11,17,27,58-61H2,1-8H3. The van der Waals surface area contributed by atoms with E-state index in [0.717, 1.165) is 82.9 Å². The molecule has 6 heteroatoms. The Morgan fingerprint density at radius 3 is 1.21 bits per heavy atom. The van der Waals surface area contributed by atoms with Gasteiger partial charge in [0.05, 0.1) is 28.1 Å². The molecule has 0 saturated carbocycles. The zero-order valence-corrected chi connectivity index (χ0v) is 68.6. The molecule has 6 aliphatic rings. The second-order valence-electron chi connectivity index (χ2n) is 37.1. The van der Waals surface area contributed by atoms with E-state index in [0.29, 0.717) is 0 Å². The molecule has 2 aliphatic heterocycles. The zero-order valence-electron chi connectivity index (χ0n) is 68.6. The fourth-order valence-electron chi connectivity index (χ4n) is 21.7. The van der Waals surface area contributed by atoms with Crippen molar-refractivity contribution in [3.63, 3.8) is 0 Å². The number of benzene rings is 14. The average Bonchev–Trinajstić information content (AvgIpc) is 1.43. The molecule has 5 nitrogen and oxygen atoms in total. The Morgan fingerprint density at radius 1 is 0.297 bits per heavy atom. The average molecular weight is 1520 g/mol. The lowest BCUT2D eigenvalue weighted by molar-refractivity contribution is 0.332. The van der Waals surface area contributed by atoms with E-state index in [9.17, 15) is 0 Å². The van der Waals surface area contributed by atoms with E-state index in [1.54, 1.807) is 0 Å². The molecule has 3 aromatic heterocycles. The molecule has 0 bridgehead atoms. The largest absolute Gasteiger partial charge is 0.333 e. The third-order valence-corrected chi connectivity index (χ3v) is 28.3. The Bertz CT molecular complexity index is 7220. The minimum atomic E-state index is -0.175. The van der Waals surface area contributed by atoms with Crippen LogP contribution in [0.15, 0.2) is 334 Å². The number of nitrogens with zero attached hydrogens (tertiary/aromatic N) is 5. The number of hydrogen-bond donors (Lipinski definition) is 0. The number of hydrogen-bond acceptors (Lipinski definition) is 2. The van der Waals surface area contributed by atoms with Crippen LogP contribution in [0.5, 0.6) is 0 Å². The van der Waals surface area contributed by atoms with Crippen molar-refractivity contribution < 1.29 is 0 Å². The van der Waals surface area contributed by atoms with E-state index in [-0.39, 0.29) is 34.4 Å². The van der Waals surface area contributed by atoms with Crippen LogP contribution < -0.4 is 26.2 Å². The Labute approximate surface area is 692 Å². The molecule has 1 unspecified atom stereocenters. The summed E-state index contributed by atoms with van der Waals surface area (Å²) >= 11 is 0. The molecule has 0 saturated heterocycles.